The zero-order valence-corrected chi connectivity index (χ0v) is 12.3. The number of imide groups is 1. The van der Waals surface area contributed by atoms with Gasteiger partial charge in [0.05, 0.1) is 5.75 Å². The van der Waals surface area contributed by atoms with E-state index in [1.165, 1.54) is 0 Å². The molecule has 2 N–H and O–H groups in total. The molecular weight excluding hydrogens is 284 g/mol. The van der Waals surface area contributed by atoms with Gasteiger partial charge in [-0.15, -0.1) is 0 Å². The normalized spacial score (nSPS) is 14.8. The number of amides is 4. The van der Waals surface area contributed by atoms with E-state index >= 15 is 0 Å². The van der Waals surface area contributed by atoms with Crippen LogP contribution < -0.4 is 10.6 Å². The largest absolute Gasteiger partial charge is 0.347 e. The maximum atomic E-state index is 11.4. The fraction of sp³-hybridized carbons (Fsp3) is 0.636. The van der Waals surface area contributed by atoms with Gasteiger partial charge in [-0.05, 0) is 14.1 Å². The van der Waals surface area contributed by atoms with Crippen molar-refractivity contribution < 1.29 is 19.2 Å². The van der Waals surface area contributed by atoms with Crippen LogP contribution in [0.15, 0.2) is 0 Å². The number of hydrogen-bond acceptors (Lipinski definition) is 6. The minimum absolute atomic E-state index is 0.0674. The Kier molecular flexibility index (Phi) is 6.46. The van der Waals surface area contributed by atoms with Crippen LogP contribution in [0.5, 0.6) is 0 Å². The lowest BCUT2D eigenvalue weighted by molar-refractivity contribution is -0.139. The van der Waals surface area contributed by atoms with Crippen molar-refractivity contribution in [3.8, 4) is 0 Å². The van der Waals surface area contributed by atoms with Crippen LogP contribution in [0.1, 0.15) is 0 Å². The molecule has 0 unspecified atom stereocenters. The van der Waals surface area contributed by atoms with Crippen LogP contribution in [0.2, 0.25) is 0 Å². The van der Waals surface area contributed by atoms with Crippen LogP contribution in [0.25, 0.3) is 0 Å². The van der Waals surface area contributed by atoms with Crippen molar-refractivity contribution in [1.29, 1.82) is 0 Å². The molecule has 0 saturated carbocycles. The topological polar surface area (TPSA) is 98.8 Å². The Morgan fingerprint density at radius 1 is 1.20 bits per heavy atom. The Hall–Kier alpha value is -1.61. The maximum absolute atomic E-state index is 11.4. The SMILES string of the molecule is CN(C)CCNC(=O)C(=O)NCCN1C(=O)CSC1=O. The van der Waals surface area contributed by atoms with Gasteiger partial charge in [0.1, 0.15) is 0 Å². The molecule has 0 bridgehead atoms. The summed E-state index contributed by atoms with van der Waals surface area (Å²) in [5.41, 5.74) is 0. The fourth-order valence-corrected chi connectivity index (χ4v) is 2.18. The summed E-state index contributed by atoms with van der Waals surface area (Å²) in [5.74, 6) is -1.63. The van der Waals surface area contributed by atoms with Crippen molar-refractivity contribution in [2.24, 2.45) is 0 Å². The number of hydrogen-bond donors (Lipinski definition) is 2. The molecule has 1 rings (SSSR count). The molecule has 1 heterocycles. The fourth-order valence-electron chi connectivity index (χ4n) is 1.43. The standard InChI is InChI=1S/C11H18N4O4S/c1-14(2)5-3-12-9(17)10(18)13-4-6-15-8(16)7-20-11(15)19/h3-7H2,1-2H3,(H,12,17)(H,13,18). The third-order valence-corrected chi connectivity index (χ3v) is 3.37. The minimum atomic E-state index is -0.768. The maximum Gasteiger partial charge on any atom is 0.309 e. The minimum Gasteiger partial charge on any atom is -0.347 e. The van der Waals surface area contributed by atoms with Crippen LogP contribution in [-0.2, 0) is 14.4 Å². The molecule has 20 heavy (non-hydrogen) atoms. The summed E-state index contributed by atoms with van der Waals surface area (Å²) in [7, 11) is 3.71. The van der Waals surface area contributed by atoms with Crippen molar-refractivity contribution in [3.63, 3.8) is 0 Å². The summed E-state index contributed by atoms with van der Waals surface area (Å²) in [5, 5.41) is 4.51. The first kappa shape index (κ1) is 16.4. The average molecular weight is 302 g/mol. The number of carbonyl (C=O) groups excluding carboxylic acids is 4. The second-order valence-corrected chi connectivity index (χ2v) is 5.34. The Bertz CT molecular complexity index is 397. The number of likely N-dealkylation sites (N-methyl/N-ethyl adjacent to an activating group) is 1. The molecule has 0 spiro atoms. The van der Waals surface area contributed by atoms with Crippen molar-refractivity contribution in [3.05, 3.63) is 0 Å². The van der Waals surface area contributed by atoms with Crippen LogP contribution in [0, 0.1) is 0 Å². The van der Waals surface area contributed by atoms with Crippen molar-refractivity contribution in [2.45, 2.75) is 0 Å². The van der Waals surface area contributed by atoms with E-state index in [2.05, 4.69) is 10.6 Å². The number of nitrogens with one attached hydrogen (secondary N) is 2. The highest BCUT2D eigenvalue weighted by Crippen LogP contribution is 2.17. The third-order valence-electron chi connectivity index (χ3n) is 2.51. The molecule has 8 nitrogen and oxygen atoms in total. The Balaban J connectivity index is 2.21. The summed E-state index contributed by atoms with van der Waals surface area (Å²) in [6, 6.07) is 0. The summed E-state index contributed by atoms with van der Waals surface area (Å²) in [4.78, 5) is 48.3. The first-order valence-corrected chi connectivity index (χ1v) is 7.08. The predicted octanol–water partition coefficient (Wildman–Crippen LogP) is -1.52. The molecule has 0 aromatic rings. The van der Waals surface area contributed by atoms with E-state index in [4.69, 9.17) is 0 Å². The number of carbonyl (C=O) groups is 4. The lowest BCUT2D eigenvalue weighted by Gasteiger charge is -2.13. The lowest BCUT2D eigenvalue weighted by Crippen LogP contribution is -2.44. The molecule has 1 saturated heterocycles. The van der Waals surface area contributed by atoms with Gasteiger partial charge in [0.2, 0.25) is 5.91 Å². The molecule has 0 atom stereocenters. The average Bonchev–Trinajstić information content (AvgIpc) is 2.69. The van der Waals surface area contributed by atoms with E-state index in [-0.39, 0.29) is 30.0 Å². The van der Waals surface area contributed by atoms with Crippen molar-refractivity contribution >= 4 is 34.7 Å². The second kappa shape index (κ2) is 7.85. The summed E-state index contributed by atoms with van der Waals surface area (Å²) < 4.78 is 0. The van der Waals surface area contributed by atoms with Crippen LogP contribution >= 0.6 is 11.8 Å². The molecular formula is C11H18N4O4S. The summed E-state index contributed by atoms with van der Waals surface area (Å²) in [6.07, 6.45) is 0. The molecule has 0 aromatic carbocycles. The van der Waals surface area contributed by atoms with Gasteiger partial charge in [-0.1, -0.05) is 11.8 Å². The zero-order chi connectivity index (χ0) is 15.1. The highest BCUT2D eigenvalue weighted by atomic mass is 32.2. The Labute approximate surface area is 121 Å². The van der Waals surface area contributed by atoms with Crippen LogP contribution in [0.3, 0.4) is 0 Å². The van der Waals surface area contributed by atoms with E-state index in [0.717, 1.165) is 16.7 Å². The van der Waals surface area contributed by atoms with Crippen LogP contribution in [-0.4, -0.2) is 78.8 Å². The van der Waals surface area contributed by atoms with E-state index in [0.29, 0.717) is 13.1 Å². The molecule has 0 radical (unpaired) electrons. The van der Waals surface area contributed by atoms with Crippen molar-refractivity contribution in [2.75, 3.05) is 46.0 Å². The third kappa shape index (κ3) is 5.17. The first-order chi connectivity index (χ1) is 9.41. The van der Waals surface area contributed by atoms with Gasteiger partial charge in [0.25, 0.3) is 5.24 Å². The van der Waals surface area contributed by atoms with Gasteiger partial charge in [-0.3, -0.25) is 24.1 Å². The van der Waals surface area contributed by atoms with E-state index in [9.17, 15) is 19.2 Å². The summed E-state index contributed by atoms with van der Waals surface area (Å²) >= 11 is 0.933. The molecule has 1 aliphatic rings. The Morgan fingerprint density at radius 3 is 2.30 bits per heavy atom. The molecule has 112 valence electrons. The van der Waals surface area contributed by atoms with E-state index in [1.807, 2.05) is 19.0 Å². The number of thioether (sulfide) groups is 1. The van der Waals surface area contributed by atoms with Gasteiger partial charge < -0.3 is 15.5 Å². The lowest BCUT2D eigenvalue weighted by atomic mass is 10.4. The van der Waals surface area contributed by atoms with Gasteiger partial charge in [0, 0.05) is 26.2 Å². The Morgan fingerprint density at radius 2 is 1.80 bits per heavy atom. The van der Waals surface area contributed by atoms with Gasteiger partial charge in [-0.2, -0.15) is 0 Å². The molecule has 1 fully saturated rings. The monoisotopic (exact) mass is 302 g/mol. The quantitative estimate of drug-likeness (QED) is 0.578. The van der Waals surface area contributed by atoms with Crippen LogP contribution in [0.4, 0.5) is 4.79 Å². The predicted molar refractivity (Wildman–Crippen MR) is 74.1 cm³/mol. The number of rotatable bonds is 6. The van der Waals surface area contributed by atoms with Gasteiger partial charge >= 0.3 is 11.8 Å². The first-order valence-electron chi connectivity index (χ1n) is 6.09. The molecule has 9 heteroatoms. The van der Waals surface area contributed by atoms with E-state index < -0.39 is 11.8 Å². The molecule has 4 amide bonds. The zero-order valence-electron chi connectivity index (χ0n) is 11.5. The highest BCUT2D eigenvalue weighted by Gasteiger charge is 2.29. The summed E-state index contributed by atoms with van der Waals surface area (Å²) in [6.45, 7) is 1.16. The second-order valence-electron chi connectivity index (χ2n) is 4.42. The number of nitrogens with zero attached hydrogens (tertiary/aromatic N) is 2. The molecule has 0 aromatic heterocycles. The van der Waals surface area contributed by atoms with Crippen molar-refractivity contribution in [1.82, 2.24) is 20.4 Å². The van der Waals surface area contributed by atoms with E-state index in [1.54, 1.807) is 0 Å². The molecule has 0 aliphatic carbocycles. The smallest absolute Gasteiger partial charge is 0.309 e. The van der Waals surface area contributed by atoms with Gasteiger partial charge in [-0.25, -0.2) is 0 Å². The van der Waals surface area contributed by atoms with Gasteiger partial charge in [0.15, 0.2) is 0 Å². The molecule has 1 aliphatic heterocycles. The highest BCUT2D eigenvalue weighted by molar-refractivity contribution is 8.14.